The number of benzene rings is 2. The molecule has 0 radical (unpaired) electrons. The Kier molecular flexibility index (Phi) is 7.38. The third kappa shape index (κ3) is 7.03. The van der Waals surface area contributed by atoms with Crippen LogP contribution in [0.2, 0.25) is 0 Å². The summed E-state index contributed by atoms with van der Waals surface area (Å²) in [6, 6.07) is 15.1. The topological polar surface area (TPSA) is 75.7 Å². The molecule has 0 heterocycles. The molecule has 0 aromatic heterocycles. The number of hydrogen-bond donors (Lipinski definition) is 1. The fraction of sp³-hybridized carbons (Fsp3) is 0.350. The molecule has 2 aromatic carbocycles. The normalized spacial score (nSPS) is 11.4. The highest BCUT2D eigenvalue weighted by atomic mass is 32.2. The van der Waals surface area contributed by atoms with E-state index in [2.05, 4.69) is 5.32 Å². The van der Waals surface area contributed by atoms with Crippen molar-refractivity contribution in [2.45, 2.75) is 20.4 Å². The van der Waals surface area contributed by atoms with Crippen molar-refractivity contribution >= 4 is 15.9 Å². The maximum atomic E-state index is 12.1. The van der Waals surface area contributed by atoms with Crippen LogP contribution in [0.4, 0.5) is 0 Å². The van der Waals surface area contributed by atoms with Crippen LogP contribution in [-0.4, -0.2) is 44.6 Å². The molecular formula is C20H26N2O4S. The van der Waals surface area contributed by atoms with Gasteiger partial charge in [-0.3, -0.25) is 4.79 Å². The van der Waals surface area contributed by atoms with Crippen LogP contribution in [0.1, 0.15) is 16.7 Å². The molecule has 0 fully saturated rings. The van der Waals surface area contributed by atoms with E-state index in [1.807, 2.05) is 62.4 Å². The summed E-state index contributed by atoms with van der Waals surface area (Å²) in [7, 11) is -3.50. The van der Waals surface area contributed by atoms with Gasteiger partial charge in [-0.25, -0.2) is 8.42 Å². The maximum Gasteiger partial charge on any atom is 0.235 e. The number of carbonyl (C=O) groups is 1. The molecule has 0 aliphatic carbocycles. The van der Waals surface area contributed by atoms with Gasteiger partial charge in [0.25, 0.3) is 0 Å². The molecule has 7 heteroatoms. The molecule has 27 heavy (non-hydrogen) atoms. The van der Waals surface area contributed by atoms with E-state index in [1.54, 1.807) is 0 Å². The molecule has 0 bridgehead atoms. The molecular weight excluding hydrogens is 364 g/mol. The summed E-state index contributed by atoms with van der Waals surface area (Å²) in [6.07, 6.45) is 1.10. The average Bonchev–Trinajstić information content (AvgIpc) is 2.61. The van der Waals surface area contributed by atoms with Gasteiger partial charge in [0, 0.05) is 6.54 Å². The summed E-state index contributed by atoms with van der Waals surface area (Å²) in [6.45, 7) is 4.49. The van der Waals surface area contributed by atoms with Gasteiger partial charge in [0.15, 0.2) is 0 Å². The highest BCUT2D eigenvalue weighted by Crippen LogP contribution is 2.18. The minimum atomic E-state index is -3.50. The molecule has 0 atom stereocenters. The fourth-order valence-electron chi connectivity index (χ4n) is 2.51. The predicted molar refractivity (Wildman–Crippen MR) is 106 cm³/mol. The van der Waals surface area contributed by atoms with Crippen LogP contribution in [0.25, 0.3) is 0 Å². The van der Waals surface area contributed by atoms with E-state index in [4.69, 9.17) is 4.74 Å². The zero-order valence-corrected chi connectivity index (χ0v) is 16.8. The minimum absolute atomic E-state index is 0.159. The smallest absolute Gasteiger partial charge is 0.235 e. The number of ether oxygens (including phenoxy) is 1. The van der Waals surface area contributed by atoms with Crippen molar-refractivity contribution < 1.29 is 17.9 Å². The first kappa shape index (κ1) is 20.9. The van der Waals surface area contributed by atoms with Gasteiger partial charge in [0.2, 0.25) is 15.9 Å². The molecule has 0 saturated heterocycles. The minimum Gasteiger partial charge on any atom is -0.491 e. The molecule has 6 nitrogen and oxygen atoms in total. The number of sulfonamides is 1. The SMILES string of the molecule is Cc1ccc(C)c(OCCNC(=O)CN(Cc2ccccc2)S(C)(=O)=O)c1. The van der Waals surface area contributed by atoms with E-state index in [0.717, 1.165) is 33.0 Å². The van der Waals surface area contributed by atoms with Crippen LogP contribution >= 0.6 is 0 Å². The zero-order valence-electron chi connectivity index (χ0n) is 15.9. The third-order valence-electron chi connectivity index (χ3n) is 4.02. The van der Waals surface area contributed by atoms with Gasteiger partial charge in [-0.05, 0) is 36.6 Å². The van der Waals surface area contributed by atoms with Crippen molar-refractivity contribution in [1.82, 2.24) is 9.62 Å². The predicted octanol–water partition coefficient (Wildman–Crippen LogP) is 2.26. The monoisotopic (exact) mass is 390 g/mol. The largest absolute Gasteiger partial charge is 0.491 e. The first-order chi connectivity index (χ1) is 12.8. The number of nitrogens with zero attached hydrogens (tertiary/aromatic N) is 1. The van der Waals surface area contributed by atoms with E-state index in [0.29, 0.717) is 13.2 Å². The summed E-state index contributed by atoms with van der Waals surface area (Å²) in [5.74, 6) is 0.423. The average molecular weight is 391 g/mol. The van der Waals surface area contributed by atoms with Crippen molar-refractivity contribution in [2.75, 3.05) is 26.0 Å². The number of nitrogens with one attached hydrogen (secondary N) is 1. The summed E-state index contributed by atoms with van der Waals surface area (Å²) in [4.78, 5) is 12.1. The van der Waals surface area contributed by atoms with Gasteiger partial charge < -0.3 is 10.1 Å². The Morgan fingerprint density at radius 1 is 1.11 bits per heavy atom. The van der Waals surface area contributed by atoms with Crippen LogP contribution in [0.3, 0.4) is 0 Å². The number of carbonyl (C=O) groups excluding carboxylic acids is 1. The van der Waals surface area contributed by atoms with Gasteiger partial charge in [0.05, 0.1) is 19.3 Å². The third-order valence-corrected chi connectivity index (χ3v) is 5.21. The first-order valence-corrected chi connectivity index (χ1v) is 10.6. The summed E-state index contributed by atoms with van der Waals surface area (Å²) in [5, 5.41) is 2.71. The van der Waals surface area contributed by atoms with Crippen molar-refractivity contribution in [1.29, 1.82) is 0 Å². The van der Waals surface area contributed by atoms with Gasteiger partial charge in [-0.1, -0.05) is 42.5 Å². The molecule has 2 rings (SSSR count). The van der Waals surface area contributed by atoms with E-state index in [-0.39, 0.29) is 19.0 Å². The number of hydrogen-bond acceptors (Lipinski definition) is 4. The molecule has 0 aliphatic rings. The molecule has 146 valence electrons. The summed E-state index contributed by atoms with van der Waals surface area (Å²) in [5.41, 5.74) is 2.95. The van der Waals surface area contributed by atoms with Crippen molar-refractivity contribution in [3.63, 3.8) is 0 Å². The van der Waals surface area contributed by atoms with E-state index in [1.165, 1.54) is 0 Å². The standard InChI is InChI=1S/C20H26N2O4S/c1-16-9-10-17(2)19(13-16)26-12-11-21-20(23)15-22(27(3,24)25)14-18-7-5-4-6-8-18/h4-10,13H,11-12,14-15H2,1-3H3,(H,21,23). The zero-order chi connectivity index (χ0) is 19.9. The Bertz CT molecular complexity index is 867. The lowest BCUT2D eigenvalue weighted by Crippen LogP contribution is -2.40. The van der Waals surface area contributed by atoms with Crippen molar-refractivity contribution in [3.05, 3.63) is 65.2 Å². The van der Waals surface area contributed by atoms with Crippen LogP contribution in [-0.2, 0) is 21.4 Å². The van der Waals surface area contributed by atoms with E-state index in [9.17, 15) is 13.2 Å². The van der Waals surface area contributed by atoms with Crippen molar-refractivity contribution in [3.8, 4) is 5.75 Å². The molecule has 0 spiro atoms. The molecule has 0 unspecified atom stereocenters. The lowest BCUT2D eigenvalue weighted by Gasteiger charge is -2.19. The van der Waals surface area contributed by atoms with Crippen LogP contribution in [0, 0.1) is 13.8 Å². The van der Waals surface area contributed by atoms with Gasteiger partial charge in [-0.15, -0.1) is 0 Å². The molecule has 1 N–H and O–H groups in total. The van der Waals surface area contributed by atoms with Crippen LogP contribution in [0.5, 0.6) is 5.75 Å². The van der Waals surface area contributed by atoms with E-state index < -0.39 is 10.0 Å². The van der Waals surface area contributed by atoms with Gasteiger partial charge in [-0.2, -0.15) is 4.31 Å². The molecule has 0 aliphatic heterocycles. The van der Waals surface area contributed by atoms with Gasteiger partial charge >= 0.3 is 0 Å². The Labute approximate surface area is 161 Å². The molecule has 1 amide bonds. The second kappa shape index (κ2) is 9.53. The Balaban J connectivity index is 1.84. The van der Waals surface area contributed by atoms with Crippen LogP contribution < -0.4 is 10.1 Å². The second-order valence-electron chi connectivity index (χ2n) is 6.48. The highest BCUT2D eigenvalue weighted by molar-refractivity contribution is 7.88. The van der Waals surface area contributed by atoms with Crippen LogP contribution in [0.15, 0.2) is 48.5 Å². The summed E-state index contributed by atoms with van der Waals surface area (Å²) >= 11 is 0. The van der Waals surface area contributed by atoms with E-state index >= 15 is 0 Å². The first-order valence-electron chi connectivity index (χ1n) is 8.71. The Hall–Kier alpha value is -2.38. The maximum absolute atomic E-state index is 12.1. The summed E-state index contributed by atoms with van der Waals surface area (Å²) < 4.78 is 30.8. The number of aryl methyl sites for hydroxylation is 2. The molecule has 0 saturated carbocycles. The highest BCUT2D eigenvalue weighted by Gasteiger charge is 2.20. The van der Waals surface area contributed by atoms with Crippen molar-refractivity contribution in [2.24, 2.45) is 0 Å². The Morgan fingerprint density at radius 3 is 2.48 bits per heavy atom. The number of rotatable bonds is 9. The molecule has 2 aromatic rings. The lowest BCUT2D eigenvalue weighted by molar-refractivity contribution is -0.121. The lowest BCUT2D eigenvalue weighted by atomic mass is 10.1. The fourth-order valence-corrected chi connectivity index (χ4v) is 3.24. The Morgan fingerprint density at radius 2 is 1.81 bits per heavy atom. The second-order valence-corrected chi connectivity index (χ2v) is 8.47. The quantitative estimate of drug-likeness (QED) is 0.667. The van der Waals surface area contributed by atoms with Gasteiger partial charge in [0.1, 0.15) is 12.4 Å². The number of amides is 1.